The van der Waals surface area contributed by atoms with Gasteiger partial charge in [-0.2, -0.15) is 0 Å². The Morgan fingerprint density at radius 3 is 3.20 bits per heavy atom. The maximum atomic E-state index is 5.84. The van der Waals surface area contributed by atoms with Gasteiger partial charge in [-0.25, -0.2) is 9.67 Å². The summed E-state index contributed by atoms with van der Waals surface area (Å²) in [6.45, 7) is 2.30. The van der Waals surface area contributed by atoms with Crippen molar-refractivity contribution in [2.45, 2.75) is 25.2 Å². The Morgan fingerprint density at radius 1 is 1.53 bits per heavy atom. The Labute approximate surface area is 87.4 Å². The van der Waals surface area contributed by atoms with Gasteiger partial charge in [0, 0.05) is 5.92 Å². The molecule has 1 aromatic heterocycles. The summed E-state index contributed by atoms with van der Waals surface area (Å²) in [4.78, 5) is 3.88. The van der Waals surface area contributed by atoms with Gasteiger partial charge in [-0.3, -0.25) is 0 Å². The van der Waals surface area contributed by atoms with E-state index in [1.807, 2.05) is 0 Å². The molecule has 0 radical (unpaired) electrons. The van der Waals surface area contributed by atoms with Crippen LogP contribution in [0.3, 0.4) is 0 Å². The second-order valence-corrected chi connectivity index (χ2v) is 4.15. The third-order valence-corrected chi connectivity index (χ3v) is 3.02. The van der Waals surface area contributed by atoms with E-state index in [1.54, 1.807) is 11.0 Å². The summed E-state index contributed by atoms with van der Waals surface area (Å²) >= 11 is 0. The topological polar surface area (TPSA) is 75.2 Å². The number of anilines is 1. The highest BCUT2D eigenvalue weighted by Crippen LogP contribution is 2.31. The van der Waals surface area contributed by atoms with Crippen molar-refractivity contribution in [3.8, 4) is 0 Å². The number of fused-ring (bicyclic) bond motifs is 1. The summed E-state index contributed by atoms with van der Waals surface area (Å²) in [5, 5.41) is 4.04. The summed E-state index contributed by atoms with van der Waals surface area (Å²) in [6, 6.07) is 0. The molecule has 3 rings (SSSR count). The number of aromatic nitrogens is 3. The highest BCUT2D eigenvalue weighted by Gasteiger charge is 2.39. The van der Waals surface area contributed by atoms with E-state index in [1.165, 1.54) is 0 Å². The molecule has 3 atom stereocenters. The Kier molecular flexibility index (Phi) is 2.10. The minimum absolute atomic E-state index is 0.227. The zero-order valence-corrected chi connectivity index (χ0v) is 8.37. The summed E-state index contributed by atoms with van der Waals surface area (Å²) in [5.74, 6) is 0.882. The van der Waals surface area contributed by atoms with E-state index in [-0.39, 0.29) is 12.2 Å². The van der Waals surface area contributed by atoms with Crippen LogP contribution in [0.25, 0.3) is 0 Å². The lowest BCUT2D eigenvalue weighted by molar-refractivity contribution is 0.0110. The van der Waals surface area contributed by atoms with Crippen LogP contribution in [0.4, 0.5) is 5.95 Å². The normalized spacial score (nSPS) is 34.5. The first-order valence-corrected chi connectivity index (χ1v) is 5.19. The van der Waals surface area contributed by atoms with Gasteiger partial charge in [-0.05, 0) is 6.42 Å². The Bertz CT molecular complexity index is 342. The molecule has 1 aromatic rings. The van der Waals surface area contributed by atoms with Crippen molar-refractivity contribution in [3.63, 3.8) is 0 Å². The van der Waals surface area contributed by atoms with E-state index in [2.05, 4.69) is 10.1 Å². The van der Waals surface area contributed by atoms with Crippen LogP contribution in [0.5, 0.6) is 0 Å². The van der Waals surface area contributed by atoms with Crippen LogP contribution in [0, 0.1) is 5.92 Å². The van der Waals surface area contributed by atoms with Crippen LogP contribution in [-0.4, -0.2) is 40.2 Å². The molecule has 2 aliphatic rings. The molecule has 0 aromatic carbocycles. The number of ether oxygens (including phenoxy) is 2. The van der Waals surface area contributed by atoms with Crippen LogP contribution in [0.15, 0.2) is 6.33 Å². The minimum Gasteiger partial charge on any atom is -0.378 e. The standard InChI is InChI=1S/C9H14N4O2/c10-9-11-5-13(12-9)2-7-1-6-3-14-4-8(6)15-7/h5-8H,1-4H2,(H2,10,12)/t6-,7?,8+/m0/s1. The van der Waals surface area contributed by atoms with Crippen molar-refractivity contribution in [2.75, 3.05) is 18.9 Å². The maximum absolute atomic E-state index is 5.84. The molecule has 0 saturated carbocycles. The smallest absolute Gasteiger partial charge is 0.239 e. The molecule has 2 aliphatic heterocycles. The first-order chi connectivity index (χ1) is 7.31. The number of nitrogen functional groups attached to an aromatic ring is 1. The van der Waals surface area contributed by atoms with Gasteiger partial charge < -0.3 is 15.2 Å². The molecular formula is C9H14N4O2. The fourth-order valence-electron chi connectivity index (χ4n) is 2.31. The molecule has 0 aliphatic carbocycles. The van der Waals surface area contributed by atoms with Crippen LogP contribution in [-0.2, 0) is 16.0 Å². The van der Waals surface area contributed by atoms with E-state index >= 15 is 0 Å². The predicted octanol–water partition coefficient (Wildman–Crippen LogP) is -0.336. The fraction of sp³-hybridized carbons (Fsp3) is 0.778. The van der Waals surface area contributed by atoms with E-state index in [4.69, 9.17) is 15.2 Å². The van der Waals surface area contributed by atoms with Crippen molar-refractivity contribution in [3.05, 3.63) is 6.33 Å². The number of hydrogen-bond donors (Lipinski definition) is 1. The van der Waals surface area contributed by atoms with E-state index in [9.17, 15) is 0 Å². The van der Waals surface area contributed by atoms with Crippen LogP contribution in [0.2, 0.25) is 0 Å². The molecule has 3 heterocycles. The average molecular weight is 210 g/mol. The van der Waals surface area contributed by atoms with Gasteiger partial charge in [0.15, 0.2) is 0 Å². The lowest BCUT2D eigenvalue weighted by Crippen LogP contribution is -2.19. The third-order valence-electron chi connectivity index (χ3n) is 3.02. The number of hydrogen-bond acceptors (Lipinski definition) is 5. The molecule has 0 spiro atoms. The molecule has 6 heteroatoms. The molecule has 82 valence electrons. The lowest BCUT2D eigenvalue weighted by atomic mass is 10.0. The third kappa shape index (κ3) is 1.70. The molecule has 2 N–H and O–H groups in total. The van der Waals surface area contributed by atoms with Crippen molar-refractivity contribution >= 4 is 5.95 Å². The lowest BCUT2D eigenvalue weighted by Gasteiger charge is -2.11. The highest BCUT2D eigenvalue weighted by atomic mass is 16.6. The zero-order chi connectivity index (χ0) is 10.3. The van der Waals surface area contributed by atoms with Crippen LogP contribution in [0.1, 0.15) is 6.42 Å². The molecule has 0 amide bonds. The molecule has 2 fully saturated rings. The van der Waals surface area contributed by atoms with Crippen molar-refractivity contribution < 1.29 is 9.47 Å². The summed E-state index contributed by atoms with van der Waals surface area (Å²) < 4.78 is 12.9. The predicted molar refractivity (Wildman–Crippen MR) is 52.0 cm³/mol. The van der Waals surface area contributed by atoms with Crippen LogP contribution < -0.4 is 5.73 Å². The second-order valence-electron chi connectivity index (χ2n) is 4.15. The first-order valence-electron chi connectivity index (χ1n) is 5.19. The van der Waals surface area contributed by atoms with E-state index in [0.717, 1.165) is 26.2 Å². The van der Waals surface area contributed by atoms with Gasteiger partial charge in [0.05, 0.1) is 32.0 Å². The SMILES string of the molecule is Nc1ncn(CC2C[C@H]3COC[C@H]3O2)n1. The fourth-order valence-corrected chi connectivity index (χ4v) is 2.31. The molecule has 15 heavy (non-hydrogen) atoms. The van der Waals surface area contributed by atoms with Crippen molar-refractivity contribution in [2.24, 2.45) is 5.92 Å². The van der Waals surface area contributed by atoms with E-state index < -0.39 is 0 Å². The van der Waals surface area contributed by atoms with Crippen molar-refractivity contribution in [1.29, 1.82) is 0 Å². The van der Waals surface area contributed by atoms with Crippen LogP contribution >= 0.6 is 0 Å². The van der Waals surface area contributed by atoms with Gasteiger partial charge in [0.25, 0.3) is 0 Å². The van der Waals surface area contributed by atoms with E-state index in [0.29, 0.717) is 11.9 Å². The molecule has 2 saturated heterocycles. The second kappa shape index (κ2) is 3.46. The molecule has 0 bridgehead atoms. The van der Waals surface area contributed by atoms with Crippen molar-refractivity contribution in [1.82, 2.24) is 14.8 Å². The Hall–Kier alpha value is -1.14. The summed E-state index contributed by atoms with van der Waals surface area (Å²) in [5.41, 5.74) is 5.44. The number of nitrogens with zero attached hydrogens (tertiary/aromatic N) is 3. The highest BCUT2D eigenvalue weighted by molar-refractivity contribution is 5.09. The number of nitrogens with two attached hydrogens (primary N) is 1. The monoisotopic (exact) mass is 210 g/mol. The number of rotatable bonds is 2. The Balaban J connectivity index is 1.61. The molecule has 6 nitrogen and oxygen atoms in total. The summed E-state index contributed by atoms with van der Waals surface area (Å²) in [7, 11) is 0. The minimum atomic E-state index is 0.227. The largest absolute Gasteiger partial charge is 0.378 e. The van der Waals surface area contributed by atoms with Gasteiger partial charge >= 0.3 is 0 Å². The zero-order valence-electron chi connectivity index (χ0n) is 8.37. The maximum Gasteiger partial charge on any atom is 0.239 e. The molecular weight excluding hydrogens is 196 g/mol. The van der Waals surface area contributed by atoms with Gasteiger partial charge in [-0.15, -0.1) is 5.10 Å². The molecule has 1 unspecified atom stereocenters. The first kappa shape index (κ1) is 9.11. The summed E-state index contributed by atoms with van der Waals surface area (Å²) in [6.07, 6.45) is 3.20. The average Bonchev–Trinajstić information content (AvgIpc) is 2.81. The van der Waals surface area contributed by atoms with Gasteiger partial charge in [0.1, 0.15) is 6.33 Å². The van der Waals surface area contributed by atoms with Gasteiger partial charge in [-0.1, -0.05) is 0 Å². The quantitative estimate of drug-likeness (QED) is 0.723. The Morgan fingerprint density at radius 2 is 2.47 bits per heavy atom. The van der Waals surface area contributed by atoms with Gasteiger partial charge in [0.2, 0.25) is 5.95 Å².